The van der Waals surface area contributed by atoms with Crippen molar-refractivity contribution >= 4 is 17.4 Å². The van der Waals surface area contributed by atoms with E-state index in [0.717, 1.165) is 66.9 Å². The van der Waals surface area contributed by atoms with E-state index >= 15 is 0 Å². The van der Waals surface area contributed by atoms with Gasteiger partial charge in [-0.15, -0.1) is 5.10 Å². The van der Waals surface area contributed by atoms with Crippen LogP contribution in [0.2, 0.25) is 0 Å². The minimum atomic E-state index is -1.05. The zero-order valence-corrected chi connectivity index (χ0v) is 20.7. The van der Waals surface area contributed by atoms with E-state index in [4.69, 9.17) is 14.4 Å². The van der Waals surface area contributed by atoms with E-state index in [1.165, 1.54) is 11.8 Å². The molecule has 1 saturated carbocycles. The third kappa shape index (κ3) is 3.98. The number of nitrogens with zero attached hydrogens (tertiary/aromatic N) is 5. The first kappa shape index (κ1) is 22.5. The summed E-state index contributed by atoms with van der Waals surface area (Å²) in [5.74, 6) is 1.28. The SMILES string of the molecule is Cc1ccccc1-c1noc(C2CC2)c1COC1CC2CC[C@@H](C1)N2c1ccc2nc(C(=O)O)cn2n1. The van der Waals surface area contributed by atoms with E-state index in [1.807, 2.05) is 24.3 Å². The van der Waals surface area contributed by atoms with Gasteiger partial charge in [-0.25, -0.2) is 14.3 Å². The van der Waals surface area contributed by atoms with Gasteiger partial charge in [0, 0.05) is 29.1 Å². The predicted molar refractivity (Wildman–Crippen MR) is 136 cm³/mol. The molecule has 4 aromatic rings. The fraction of sp³-hybridized carbons (Fsp3) is 0.429. The van der Waals surface area contributed by atoms with Gasteiger partial charge in [0.25, 0.3) is 0 Å². The first-order valence-electron chi connectivity index (χ1n) is 13.1. The number of piperidine rings is 1. The molecule has 0 amide bonds. The Morgan fingerprint density at radius 1 is 1.11 bits per heavy atom. The van der Waals surface area contributed by atoms with Crippen LogP contribution in [-0.4, -0.2) is 49.0 Å². The first-order valence-corrected chi connectivity index (χ1v) is 13.1. The van der Waals surface area contributed by atoms with Crippen LogP contribution in [0.1, 0.15) is 71.8 Å². The quantitative estimate of drug-likeness (QED) is 0.379. The summed E-state index contributed by atoms with van der Waals surface area (Å²) >= 11 is 0. The van der Waals surface area contributed by atoms with Crippen LogP contribution in [0.4, 0.5) is 5.82 Å². The topological polar surface area (TPSA) is 106 Å². The van der Waals surface area contributed by atoms with Gasteiger partial charge in [-0.05, 0) is 63.1 Å². The molecule has 1 N–H and O–H groups in total. The summed E-state index contributed by atoms with van der Waals surface area (Å²) in [6, 6.07) is 12.8. The highest BCUT2D eigenvalue weighted by Crippen LogP contribution is 2.45. The van der Waals surface area contributed by atoms with Crippen molar-refractivity contribution in [1.29, 1.82) is 0 Å². The molecule has 0 radical (unpaired) electrons. The van der Waals surface area contributed by atoms with Crippen molar-refractivity contribution in [3.8, 4) is 11.3 Å². The summed E-state index contributed by atoms with van der Waals surface area (Å²) < 4.78 is 14.0. The number of aromatic nitrogens is 4. The van der Waals surface area contributed by atoms with Crippen molar-refractivity contribution in [3.05, 3.63) is 65.2 Å². The summed E-state index contributed by atoms with van der Waals surface area (Å²) in [7, 11) is 0. The average Bonchev–Trinajstić information content (AvgIpc) is 3.40. The lowest BCUT2D eigenvalue weighted by atomic mass is 9.98. The molecule has 2 unspecified atom stereocenters. The fourth-order valence-electron chi connectivity index (χ4n) is 6.13. The molecule has 3 aliphatic rings. The molecular formula is C28H29N5O4. The van der Waals surface area contributed by atoms with Crippen molar-refractivity contribution in [1.82, 2.24) is 19.8 Å². The number of benzene rings is 1. The molecule has 9 heteroatoms. The van der Waals surface area contributed by atoms with Gasteiger partial charge in [-0.2, -0.15) is 0 Å². The molecule has 1 aliphatic carbocycles. The van der Waals surface area contributed by atoms with E-state index in [1.54, 1.807) is 4.52 Å². The number of ether oxygens (including phenoxy) is 1. The Morgan fingerprint density at radius 3 is 2.62 bits per heavy atom. The second kappa shape index (κ2) is 8.69. The monoisotopic (exact) mass is 499 g/mol. The molecule has 3 atom stereocenters. The van der Waals surface area contributed by atoms with Gasteiger partial charge in [0.1, 0.15) is 17.3 Å². The molecule has 2 saturated heterocycles. The van der Waals surface area contributed by atoms with E-state index < -0.39 is 5.97 Å². The highest BCUT2D eigenvalue weighted by Gasteiger charge is 2.42. The molecule has 37 heavy (non-hydrogen) atoms. The number of rotatable bonds is 7. The molecule has 2 aliphatic heterocycles. The lowest BCUT2D eigenvalue weighted by Gasteiger charge is -2.39. The average molecular weight is 500 g/mol. The third-order valence-corrected chi connectivity index (χ3v) is 8.11. The Kier molecular flexibility index (Phi) is 5.28. The maximum atomic E-state index is 11.3. The Labute approximate surface area is 214 Å². The van der Waals surface area contributed by atoms with Crippen molar-refractivity contribution in [2.75, 3.05) is 4.90 Å². The summed E-state index contributed by atoms with van der Waals surface area (Å²) in [6.45, 7) is 2.62. The Hall–Kier alpha value is -3.72. The fourth-order valence-corrected chi connectivity index (χ4v) is 6.13. The van der Waals surface area contributed by atoms with Gasteiger partial charge in [-0.1, -0.05) is 29.4 Å². The lowest BCUT2D eigenvalue weighted by Crippen LogP contribution is -2.46. The molecule has 7 rings (SSSR count). The largest absolute Gasteiger partial charge is 0.476 e. The predicted octanol–water partition coefficient (Wildman–Crippen LogP) is 4.98. The first-order chi connectivity index (χ1) is 18.0. The Bertz CT molecular complexity index is 1480. The number of carbonyl (C=O) groups is 1. The van der Waals surface area contributed by atoms with Crippen molar-refractivity contribution in [2.24, 2.45) is 0 Å². The van der Waals surface area contributed by atoms with E-state index in [-0.39, 0.29) is 11.8 Å². The van der Waals surface area contributed by atoms with Gasteiger partial charge < -0.3 is 19.3 Å². The summed E-state index contributed by atoms with van der Waals surface area (Å²) in [4.78, 5) is 17.8. The second-order valence-electron chi connectivity index (χ2n) is 10.6. The number of aromatic carboxylic acids is 1. The van der Waals surface area contributed by atoms with Crippen molar-refractivity contribution < 1.29 is 19.2 Å². The number of hydrogen-bond donors (Lipinski definition) is 1. The van der Waals surface area contributed by atoms with Crippen molar-refractivity contribution in [2.45, 2.75) is 76.2 Å². The minimum Gasteiger partial charge on any atom is -0.476 e. The third-order valence-electron chi connectivity index (χ3n) is 8.11. The van der Waals surface area contributed by atoms with Crippen LogP contribution in [0.5, 0.6) is 0 Å². The van der Waals surface area contributed by atoms with Crippen LogP contribution < -0.4 is 4.90 Å². The van der Waals surface area contributed by atoms with Gasteiger partial charge >= 0.3 is 5.97 Å². The van der Waals surface area contributed by atoms with Crippen LogP contribution in [0.25, 0.3) is 16.9 Å². The number of hydrogen-bond acceptors (Lipinski definition) is 7. The van der Waals surface area contributed by atoms with Gasteiger partial charge in [0.05, 0.1) is 18.9 Å². The van der Waals surface area contributed by atoms with Crippen LogP contribution in [-0.2, 0) is 11.3 Å². The smallest absolute Gasteiger partial charge is 0.356 e. The number of aryl methyl sites for hydroxylation is 1. The standard InChI is InChI=1S/C28H29N5O4/c1-16-4-2-3-5-21(16)26-22(27(37-31-26)17-6-7-17)15-36-20-12-18-8-9-19(13-20)33(18)25-11-10-24-29-23(28(34)35)14-32(24)30-25/h2-5,10-11,14,17-20H,6-9,12-13,15H2,1H3,(H,34,35)/t18-,19?,20?/m0/s1. The Balaban J connectivity index is 1.09. The van der Waals surface area contributed by atoms with Crippen molar-refractivity contribution in [3.63, 3.8) is 0 Å². The van der Waals surface area contributed by atoms with Gasteiger partial charge in [0.2, 0.25) is 0 Å². The summed E-state index contributed by atoms with van der Waals surface area (Å²) in [6.07, 6.45) is 8.01. The number of carboxylic acid groups (broad SMARTS) is 1. The van der Waals surface area contributed by atoms with E-state index in [0.29, 0.717) is 30.3 Å². The number of anilines is 1. The molecule has 3 aromatic heterocycles. The number of imidazole rings is 1. The zero-order chi connectivity index (χ0) is 25.1. The number of carboxylic acids is 1. The lowest BCUT2D eigenvalue weighted by molar-refractivity contribution is 0.0145. The van der Waals surface area contributed by atoms with Crippen LogP contribution >= 0.6 is 0 Å². The number of fused-ring (bicyclic) bond motifs is 3. The normalized spacial score (nSPS) is 23.2. The Morgan fingerprint density at radius 2 is 1.89 bits per heavy atom. The van der Waals surface area contributed by atoms with Crippen LogP contribution in [0.15, 0.2) is 47.1 Å². The zero-order valence-electron chi connectivity index (χ0n) is 20.7. The highest BCUT2D eigenvalue weighted by molar-refractivity contribution is 5.86. The minimum absolute atomic E-state index is 0.00380. The highest BCUT2D eigenvalue weighted by atomic mass is 16.5. The molecule has 9 nitrogen and oxygen atoms in total. The van der Waals surface area contributed by atoms with Gasteiger partial charge in [-0.3, -0.25) is 0 Å². The van der Waals surface area contributed by atoms with Gasteiger partial charge in [0.15, 0.2) is 11.3 Å². The summed E-state index contributed by atoms with van der Waals surface area (Å²) in [5, 5.41) is 18.4. The van der Waals surface area contributed by atoms with Crippen LogP contribution in [0, 0.1) is 6.92 Å². The van der Waals surface area contributed by atoms with Crippen LogP contribution in [0.3, 0.4) is 0 Å². The molecule has 190 valence electrons. The molecule has 3 fully saturated rings. The molecule has 2 bridgehead atoms. The van der Waals surface area contributed by atoms with E-state index in [2.05, 4.69) is 34.1 Å². The summed E-state index contributed by atoms with van der Waals surface area (Å²) in [5.41, 5.74) is 4.86. The van der Waals surface area contributed by atoms with E-state index in [9.17, 15) is 9.90 Å². The maximum Gasteiger partial charge on any atom is 0.356 e. The molecular weight excluding hydrogens is 470 g/mol. The molecule has 1 aromatic carbocycles. The maximum absolute atomic E-state index is 11.3. The molecule has 5 heterocycles. The second-order valence-corrected chi connectivity index (χ2v) is 10.6. The molecule has 0 spiro atoms.